The Balaban J connectivity index is 1.70. The third-order valence-corrected chi connectivity index (χ3v) is 4.39. The van der Waals surface area contributed by atoms with E-state index in [1.54, 1.807) is 0 Å². The first-order chi connectivity index (χ1) is 14.7. The molecule has 0 radical (unpaired) electrons. The highest BCUT2D eigenvalue weighted by atomic mass is 16.5. The molecule has 0 saturated carbocycles. The molecule has 5 heteroatoms. The maximum atomic E-state index is 12.1. The van der Waals surface area contributed by atoms with Crippen LogP contribution in [0.5, 0.6) is 11.5 Å². The molecule has 30 heavy (non-hydrogen) atoms. The molecule has 0 bridgehead atoms. The third kappa shape index (κ3) is 5.64. The van der Waals surface area contributed by atoms with Crippen molar-refractivity contribution in [1.82, 2.24) is 0 Å². The summed E-state index contributed by atoms with van der Waals surface area (Å²) in [5.41, 5.74) is 2.88. The number of ether oxygens (including phenoxy) is 4. The van der Waals surface area contributed by atoms with E-state index in [9.17, 15) is 4.79 Å². The molecular formula is C25H24O5. The lowest BCUT2D eigenvalue weighted by Gasteiger charge is -2.13. The van der Waals surface area contributed by atoms with E-state index in [2.05, 4.69) is 0 Å². The van der Waals surface area contributed by atoms with Crippen LogP contribution in [0.2, 0.25) is 0 Å². The van der Waals surface area contributed by atoms with Crippen molar-refractivity contribution in [2.45, 2.75) is 13.2 Å². The van der Waals surface area contributed by atoms with Crippen molar-refractivity contribution in [2.75, 3.05) is 14.2 Å². The quantitative estimate of drug-likeness (QED) is 0.285. The van der Waals surface area contributed by atoms with Gasteiger partial charge in [0, 0.05) is 0 Å². The van der Waals surface area contributed by atoms with Crippen molar-refractivity contribution < 1.29 is 23.7 Å². The Morgan fingerprint density at radius 1 is 0.800 bits per heavy atom. The summed E-state index contributed by atoms with van der Waals surface area (Å²) in [6, 6.07) is 24.9. The molecule has 0 aliphatic rings. The van der Waals surface area contributed by atoms with Crippen LogP contribution >= 0.6 is 0 Å². The van der Waals surface area contributed by atoms with Crippen LogP contribution in [-0.2, 0) is 27.5 Å². The molecule has 0 heterocycles. The first-order valence-corrected chi connectivity index (χ1v) is 9.50. The molecule has 0 N–H and O–H groups in total. The van der Waals surface area contributed by atoms with E-state index in [-0.39, 0.29) is 6.61 Å². The van der Waals surface area contributed by atoms with E-state index >= 15 is 0 Å². The number of methoxy groups -OCH3 is 2. The Morgan fingerprint density at radius 2 is 1.50 bits per heavy atom. The molecule has 0 aliphatic heterocycles. The summed E-state index contributed by atoms with van der Waals surface area (Å²) in [7, 11) is 2.83. The molecule has 0 spiro atoms. The lowest BCUT2D eigenvalue weighted by molar-refractivity contribution is -0.133. The van der Waals surface area contributed by atoms with Crippen LogP contribution in [-0.4, -0.2) is 20.2 Å². The second-order valence-corrected chi connectivity index (χ2v) is 6.45. The number of esters is 1. The summed E-state index contributed by atoms with van der Waals surface area (Å²) in [4.78, 5) is 12.1. The second-order valence-electron chi connectivity index (χ2n) is 6.45. The van der Waals surface area contributed by atoms with E-state index in [0.29, 0.717) is 23.5 Å². The zero-order valence-corrected chi connectivity index (χ0v) is 17.0. The normalized spacial score (nSPS) is 10.9. The molecular weight excluding hydrogens is 380 g/mol. The fourth-order valence-electron chi connectivity index (χ4n) is 2.93. The molecule has 0 unspecified atom stereocenters. The average Bonchev–Trinajstić information content (AvgIpc) is 2.80. The minimum atomic E-state index is -0.468. The summed E-state index contributed by atoms with van der Waals surface area (Å²) < 4.78 is 21.7. The molecule has 0 aliphatic carbocycles. The molecule has 0 fully saturated rings. The van der Waals surface area contributed by atoms with Crippen molar-refractivity contribution in [3.8, 4) is 11.5 Å². The van der Waals surface area contributed by atoms with Crippen molar-refractivity contribution in [3.63, 3.8) is 0 Å². The lowest BCUT2D eigenvalue weighted by atomic mass is 10.0. The Labute approximate surface area is 176 Å². The van der Waals surface area contributed by atoms with Gasteiger partial charge in [0.05, 0.1) is 20.5 Å². The summed E-state index contributed by atoms with van der Waals surface area (Å²) in [6.07, 6.45) is 1.38. The van der Waals surface area contributed by atoms with Gasteiger partial charge in [-0.05, 0) is 41.0 Å². The Bertz CT molecular complexity index is 995. The Kier molecular flexibility index (Phi) is 7.50. The molecule has 0 atom stereocenters. The standard InChI is InChI=1S/C25H24O5/c1-27-18-24(25(26)28-2)23-14-7-6-10-20(23)17-30-22-13-8-9-19(15-22)16-29-21-11-4-3-5-12-21/h3-15,18H,16-17H2,1-2H3. The molecule has 0 aromatic heterocycles. The molecule has 3 aromatic carbocycles. The Hall–Kier alpha value is -3.73. The van der Waals surface area contributed by atoms with Gasteiger partial charge in [-0.1, -0.05) is 54.6 Å². The number of benzene rings is 3. The maximum absolute atomic E-state index is 12.1. The number of carbonyl (C=O) groups is 1. The SMILES string of the molecule is COC=C(C(=O)OC)c1ccccc1COc1cccc(COc2ccccc2)c1. The van der Waals surface area contributed by atoms with E-state index in [0.717, 1.165) is 16.9 Å². The van der Waals surface area contributed by atoms with E-state index in [1.165, 1.54) is 20.5 Å². The van der Waals surface area contributed by atoms with Crippen molar-refractivity contribution in [2.24, 2.45) is 0 Å². The second kappa shape index (κ2) is 10.7. The topological polar surface area (TPSA) is 54.0 Å². The zero-order chi connectivity index (χ0) is 21.2. The zero-order valence-electron chi connectivity index (χ0n) is 17.0. The number of hydrogen-bond donors (Lipinski definition) is 0. The highest BCUT2D eigenvalue weighted by Crippen LogP contribution is 2.23. The minimum absolute atomic E-state index is 0.289. The van der Waals surface area contributed by atoms with E-state index in [4.69, 9.17) is 18.9 Å². The molecule has 3 aromatic rings. The van der Waals surface area contributed by atoms with Gasteiger partial charge in [0.2, 0.25) is 0 Å². The lowest BCUT2D eigenvalue weighted by Crippen LogP contribution is -2.08. The van der Waals surface area contributed by atoms with Crippen LogP contribution in [0.3, 0.4) is 0 Å². The van der Waals surface area contributed by atoms with Gasteiger partial charge in [0.15, 0.2) is 0 Å². The van der Waals surface area contributed by atoms with Crippen LogP contribution in [0.4, 0.5) is 0 Å². The Morgan fingerprint density at radius 3 is 2.27 bits per heavy atom. The predicted octanol–water partition coefficient (Wildman–Crippen LogP) is 5.00. The number of carbonyl (C=O) groups excluding carboxylic acids is 1. The predicted molar refractivity (Wildman–Crippen MR) is 115 cm³/mol. The summed E-state index contributed by atoms with van der Waals surface area (Å²) >= 11 is 0. The van der Waals surface area contributed by atoms with Crippen LogP contribution in [0.15, 0.2) is 85.1 Å². The molecule has 3 rings (SSSR count). The molecule has 154 valence electrons. The van der Waals surface area contributed by atoms with Gasteiger partial charge < -0.3 is 18.9 Å². The van der Waals surface area contributed by atoms with Crippen molar-refractivity contribution >= 4 is 11.5 Å². The van der Waals surface area contributed by atoms with Gasteiger partial charge in [-0.15, -0.1) is 0 Å². The number of para-hydroxylation sites is 1. The summed E-state index contributed by atoms with van der Waals surface area (Å²) in [5.74, 6) is 1.07. The van der Waals surface area contributed by atoms with Gasteiger partial charge in [0.25, 0.3) is 0 Å². The van der Waals surface area contributed by atoms with Gasteiger partial charge in [-0.2, -0.15) is 0 Å². The first kappa shape index (κ1) is 21.0. The minimum Gasteiger partial charge on any atom is -0.503 e. The largest absolute Gasteiger partial charge is 0.503 e. The number of hydrogen-bond acceptors (Lipinski definition) is 5. The van der Waals surface area contributed by atoms with E-state index < -0.39 is 5.97 Å². The van der Waals surface area contributed by atoms with Gasteiger partial charge >= 0.3 is 5.97 Å². The van der Waals surface area contributed by atoms with E-state index in [1.807, 2.05) is 78.9 Å². The molecule has 0 amide bonds. The van der Waals surface area contributed by atoms with Crippen LogP contribution in [0.1, 0.15) is 16.7 Å². The first-order valence-electron chi connectivity index (χ1n) is 9.50. The molecule has 0 saturated heterocycles. The number of rotatable bonds is 9. The monoisotopic (exact) mass is 404 g/mol. The van der Waals surface area contributed by atoms with Crippen LogP contribution in [0.25, 0.3) is 5.57 Å². The van der Waals surface area contributed by atoms with Gasteiger partial charge in [0.1, 0.15) is 30.3 Å². The maximum Gasteiger partial charge on any atom is 0.341 e. The highest BCUT2D eigenvalue weighted by molar-refractivity contribution is 6.16. The smallest absolute Gasteiger partial charge is 0.341 e. The van der Waals surface area contributed by atoms with Crippen molar-refractivity contribution in [1.29, 1.82) is 0 Å². The summed E-state index contributed by atoms with van der Waals surface area (Å²) in [6.45, 7) is 0.734. The summed E-state index contributed by atoms with van der Waals surface area (Å²) in [5, 5.41) is 0. The van der Waals surface area contributed by atoms with Gasteiger partial charge in [-0.3, -0.25) is 0 Å². The van der Waals surface area contributed by atoms with Gasteiger partial charge in [-0.25, -0.2) is 4.79 Å². The fraction of sp³-hybridized carbons (Fsp3) is 0.160. The van der Waals surface area contributed by atoms with Crippen LogP contribution < -0.4 is 9.47 Å². The average molecular weight is 404 g/mol. The highest BCUT2D eigenvalue weighted by Gasteiger charge is 2.16. The fourth-order valence-corrected chi connectivity index (χ4v) is 2.93. The molecule has 5 nitrogen and oxygen atoms in total. The van der Waals surface area contributed by atoms with Crippen molar-refractivity contribution in [3.05, 3.63) is 102 Å². The van der Waals surface area contributed by atoms with Crippen LogP contribution in [0, 0.1) is 0 Å². The third-order valence-electron chi connectivity index (χ3n) is 4.39.